The lowest BCUT2D eigenvalue weighted by molar-refractivity contribution is -0.0895. The van der Waals surface area contributed by atoms with Crippen LogP contribution in [0.4, 0.5) is 0 Å². The average Bonchev–Trinajstić information content (AvgIpc) is 3.33. The Kier molecular flexibility index (Phi) is 4.93. The zero-order valence-corrected chi connectivity index (χ0v) is 15.7. The van der Waals surface area contributed by atoms with Crippen molar-refractivity contribution in [1.82, 2.24) is 4.90 Å². The predicted octanol–water partition coefficient (Wildman–Crippen LogP) is 3.87. The van der Waals surface area contributed by atoms with E-state index in [2.05, 4.69) is 0 Å². The van der Waals surface area contributed by atoms with E-state index in [-0.39, 0.29) is 29.4 Å². The fraction of sp³-hybridized carbons (Fsp3) is 0.476. The Morgan fingerprint density at radius 2 is 1.96 bits per heavy atom. The molecule has 1 saturated carbocycles. The van der Waals surface area contributed by atoms with Gasteiger partial charge in [0.2, 0.25) is 0 Å². The minimum Gasteiger partial charge on any atom is -0.426 e. The van der Waals surface area contributed by atoms with Gasteiger partial charge in [-0.15, -0.1) is 0 Å². The highest BCUT2D eigenvalue weighted by Gasteiger charge is 2.53. The van der Waals surface area contributed by atoms with E-state index in [1.165, 1.54) is 0 Å². The summed E-state index contributed by atoms with van der Waals surface area (Å²) in [6.45, 7) is 0.656. The van der Waals surface area contributed by atoms with E-state index in [1.807, 2.05) is 35.2 Å². The van der Waals surface area contributed by atoms with Gasteiger partial charge in [-0.25, -0.2) is 0 Å². The van der Waals surface area contributed by atoms with Crippen LogP contribution in [-0.2, 0) is 9.47 Å². The van der Waals surface area contributed by atoms with Crippen LogP contribution < -0.4 is 4.74 Å². The van der Waals surface area contributed by atoms with Crippen molar-refractivity contribution >= 4 is 5.91 Å². The Morgan fingerprint density at radius 1 is 1.15 bits per heavy atom. The van der Waals surface area contributed by atoms with Crippen LogP contribution in [0.15, 0.2) is 46.9 Å². The van der Waals surface area contributed by atoms with E-state index >= 15 is 0 Å². The molecule has 0 bridgehead atoms. The van der Waals surface area contributed by atoms with Crippen LogP contribution in [0.1, 0.15) is 36.2 Å². The van der Waals surface area contributed by atoms with Gasteiger partial charge in [0.05, 0.1) is 17.7 Å². The maximum atomic E-state index is 13.1. The van der Waals surface area contributed by atoms with Crippen molar-refractivity contribution in [3.63, 3.8) is 0 Å². The molecular formula is C21H25NO5. The summed E-state index contributed by atoms with van der Waals surface area (Å²) in [5.41, 5.74) is -0.277. The number of nitrogens with zero attached hydrogens (tertiary/aromatic N) is 1. The molecule has 2 fully saturated rings. The number of rotatable bonds is 5. The average molecular weight is 371 g/mol. The molecule has 0 N–H and O–H groups in total. The number of hydrogen-bond acceptors (Lipinski definition) is 5. The number of furan rings is 1. The van der Waals surface area contributed by atoms with E-state index in [9.17, 15) is 4.79 Å². The Labute approximate surface area is 159 Å². The largest absolute Gasteiger partial charge is 0.426 e. The summed E-state index contributed by atoms with van der Waals surface area (Å²) >= 11 is 0. The maximum Gasteiger partial charge on any atom is 0.290 e. The lowest BCUT2D eigenvalue weighted by atomic mass is 9.79. The van der Waals surface area contributed by atoms with Gasteiger partial charge in [-0.2, -0.15) is 0 Å². The number of ether oxygens (including phenoxy) is 3. The molecule has 1 aliphatic carbocycles. The van der Waals surface area contributed by atoms with E-state index in [0.29, 0.717) is 18.2 Å². The third-order valence-electron chi connectivity index (χ3n) is 5.89. The van der Waals surface area contributed by atoms with Gasteiger partial charge in [0.15, 0.2) is 5.76 Å². The summed E-state index contributed by atoms with van der Waals surface area (Å²) in [7, 11) is 3.47. The van der Waals surface area contributed by atoms with Crippen LogP contribution in [0.3, 0.4) is 0 Å². The molecule has 3 atom stereocenters. The van der Waals surface area contributed by atoms with Crippen molar-refractivity contribution in [2.24, 2.45) is 0 Å². The first kappa shape index (κ1) is 18.1. The molecule has 0 spiro atoms. The number of benzene rings is 1. The Bertz CT molecular complexity index is 789. The summed E-state index contributed by atoms with van der Waals surface area (Å²) in [4.78, 5) is 15.0. The van der Waals surface area contributed by atoms with E-state index in [4.69, 9.17) is 18.6 Å². The third kappa shape index (κ3) is 3.35. The number of fused-ring (bicyclic) bond motifs is 1. The summed E-state index contributed by atoms with van der Waals surface area (Å²) < 4.78 is 22.8. The second-order valence-electron chi connectivity index (χ2n) is 7.20. The Morgan fingerprint density at radius 3 is 2.70 bits per heavy atom. The zero-order valence-electron chi connectivity index (χ0n) is 15.7. The van der Waals surface area contributed by atoms with Crippen LogP contribution >= 0.6 is 0 Å². The second-order valence-corrected chi connectivity index (χ2v) is 7.20. The molecule has 0 radical (unpaired) electrons. The molecule has 144 valence electrons. The van der Waals surface area contributed by atoms with Gasteiger partial charge in [0, 0.05) is 26.8 Å². The smallest absolute Gasteiger partial charge is 0.290 e. The highest BCUT2D eigenvalue weighted by Crippen LogP contribution is 2.43. The van der Waals surface area contributed by atoms with E-state index in [1.54, 1.807) is 26.4 Å². The molecule has 1 aliphatic heterocycles. The summed E-state index contributed by atoms with van der Waals surface area (Å²) in [6, 6.07) is 12.7. The van der Waals surface area contributed by atoms with Crippen molar-refractivity contribution < 1.29 is 23.4 Å². The van der Waals surface area contributed by atoms with Crippen LogP contribution in [0, 0.1) is 0 Å². The monoisotopic (exact) mass is 371 g/mol. The first-order valence-electron chi connectivity index (χ1n) is 9.37. The first-order valence-corrected chi connectivity index (χ1v) is 9.37. The molecule has 3 unspecified atom stereocenters. The van der Waals surface area contributed by atoms with Crippen molar-refractivity contribution in [3.05, 3.63) is 48.2 Å². The van der Waals surface area contributed by atoms with Crippen molar-refractivity contribution in [2.75, 3.05) is 20.8 Å². The molecule has 1 aromatic heterocycles. The standard InChI is InChI=1S/C21H25NO5/c1-24-16-10-11-21(25-2)12-13-22(18(21)14-16)20(23)17-8-9-19(27-17)26-15-6-4-3-5-7-15/h3-9,16,18H,10-14H2,1-2H3. The number of likely N-dealkylation sites (tertiary alicyclic amines) is 1. The number of hydrogen-bond donors (Lipinski definition) is 0. The summed E-state index contributed by atoms with van der Waals surface area (Å²) in [5.74, 6) is 1.13. The zero-order chi connectivity index (χ0) is 18.9. The summed E-state index contributed by atoms with van der Waals surface area (Å²) in [5, 5.41) is 0. The molecule has 2 aromatic rings. The van der Waals surface area contributed by atoms with E-state index in [0.717, 1.165) is 25.7 Å². The van der Waals surface area contributed by atoms with Gasteiger partial charge < -0.3 is 23.5 Å². The number of amides is 1. The van der Waals surface area contributed by atoms with Gasteiger partial charge in [0.25, 0.3) is 11.9 Å². The highest BCUT2D eigenvalue weighted by molar-refractivity contribution is 5.92. The predicted molar refractivity (Wildman–Crippen MR) is 99.1 cm³/mol. The lowest BCUT2D eigenvalue weighted by Gasteiger charge is -2.43. The van der Waals surface area contributed by atoms with Crippen LogP contribution in [0.25, 0.3) is 0 Å². The van der Waals surface area contributed by atoms with Gasteiger partial charge in [-0.3, -0.25) is 4.79 Å². The van der Waals surface area contributed by atoms with Crippen LogP contribution in [0.5, 0.6) is 11.7 Å². The van der Waals surface area contributed by atoms with Gasteiger partial charge in [-0.1, -0.05) is 18.2 Å². The Balaban J connectivity index is 1.51. The number of carbonyl (C=O) groups excluding carboxylic acids is 1. The SMILES string of the molecule is COC1CCC2(OC)CCN(C(=O)c3ccc(Oc4ccccc4)o3)C2C1. The highest BCUT2D eigenvalue weighted by atomic mass is 16.6. The quantitative estimate of drug-likeness (QED) is 0.798. The number of methoxy groups -OCH3 is 2. The molecule has 1 amide bonds. The fourth-order valence-electron chi connectivity index (χ4n) is 4.36. The first-order chi connectivity index (χ1) is 13.1. The minimum atomic E-state index is -0.277. The van der Waals surface area contributed by atoms with Crippen molar-refractivity contribution in [3.8, 4) is 11.7 Å². The molecule has 2 heterocycles. The lowest BCUT2D eigenvalue weighted by Crippen LogP contribution is -2.53. The maximum absolute atomic E-state index is 13.1. The van der Waals surface area contributed by atoms with E-state index < -0.39 is 0 Å². The number of carbonyl (C=O) groups is 1. The van der Waals surface area contributed by atoms with Crippen molar-refractivity contribution in [1.29, 1.82) is 0 Å². The van der Waals surface area contributed by atoms with Crippen LogP contribution in [-0.4, -0.2) is 49.3 Å². The topological polar surface area (TPSA) is 61.1 Å². The second kappa shape index (κ2) is 7.37. The van der Waals surface area contributed by atoms with Crippen molar-refractivity contribution in [2.45, 2.75) is 43.4 Å². The molecule has 6 nitrogen and oxygen atoms in total. The normalized spacial score (nSPS) is 27.4. The van der Waals surface area contributed by atoms with Gasteiger partial charge in [0.1, 0.15) is 5.75 Å². The minimum absolute atomic E-state index is 0.00251. The summed E-state index contributed by atoms with van der Waals surface area (Å²) in [6.07, 6.45) is 3.63. The third-order valence-corrected chi connectivity index (χ3v) is 5.89. The molecular weight excluding hydrogens is 346 g/mol. The molecule has 2 aliphatic rings. The van der Waals surface area contributed by atoms with Gasteiger partial charge >= 0.3 is 0 Å². The number of para-hydroxylation sites is 1. The molecule has 1 saturated heterocycles. The Hall–Kier alpha value is -2.31. The van der Waals surface area contributed by atoms with Crippen LogP contribution in [0.2, 0.25) is 0 Å². The van der Waals surface area contributed by atoms with Gasteiger partial charge in [-0.05, 0) is 43.9 Å². The molecule has 27 heavy (non-hydrogen) atoms. The fourth-order valence-corrected chi connectivity index (χ4v) is 4.36. The molecule has 4 rings (SSSR count). The molecule has 1 aromatic carbocycles. The molecule has 6 heteroatoms.